The molecule has 2 aromatic heterocycles. The summed E-state index contributed by atoms with van der Waals surface area (Å²) in [5.74, 6) is 0.361. The molecule has 0 spiro atoms. The number of fused-ring (bicyclic) bond motifs is 6. The van der Waals surface area contributed by atoms with E-state index in [1.54, 1.807) is 24.3 Å². The molecule has 0 bridgehead atoms. The smallest absolute Gasteiger partial charge is 0.182 e. The van der Waals surface area contributed by atoms with Gasteiger partial charge in [-0.15, -0.1) is 11.3 Å². The molecule has 0 radical (unpaired) electrons. The lowest BCUT2D eigenvalue weighted by molar-refractivity contribution is 0.407. The maximum atomic E-state index is 9.69. The van der Waals surface area contributed by atoms with Gasteiger partial charge in [0.1, 0.15) is 11.5 Å². The minimum atomic E-state index is -0.103. The lowest BCUT2D eigenvalue weighted by Gasteiger charge is -1.97. The molecule has 0 fully saturated rings. The third-order valence-corrected chi connectivity index (χ3v) is 6.29. The van der Waals surface area contributed by atoms with E-state index < -0.39 is 0 Å². The van der Waals surface area contributed by atoms with Gasteiger partial charge in [0.05, 0.1) is 10.2 Å². The molecule has 0 amide bonds. The lowest BCUT2D eigenvalue weighted by atomic mass is 10.1. The minimum Gasteiger partial charge on any atom is -0.508 e. The molecule has 5 nitrogen and oxygen atoms in total. The van der Waals surface area contributed by atoms with Crippen molar-refractivity contribution in [2.24, 2.45) is 0 Å². The quantitative estimate of drug-likeness (QED) is 0.191. The fraction of sp³-hybridized carbons (Fsp3) is 0. The topological polar surface area (TPSA) is 96.7 Å². The highest BCUT2D eigenvalue weighted by atomic mass is 32.1. The van der Waals surface area contributed by atoms with E-state index in [-0.39, 0.29) is 17.2 Å². The largest absolute Gasteiger partial charge is 0.508 e. The second-order valence-corrected chi connectivity index (χ2v) is 8.01. The Balaban J connectivity index is 0.000000128. The van der Waals surface area contributed by atoms with Gasteiger partial charge in [0.15, 0.2) is 11.5 Å². The van der Waals surface area contributed by atoms with Gasteiger partial charge in [0, 0.05) is 31.8 Å². The van der Waals surface area contributed by atoms with E-state index in [9.17, 15) is 20.4 Å². The van der Waals surface area contributed by atoms with Crippen molar-refractivity contribution in [2.75, 3.05) is 0 Å². The van der Waals surface area contributed by atoms with E-state index >= 15 is 0 Å². The first-order chi connectivity index (χ1) is 14.5. The average molecular weight is 415 g/mol. The number of thiophene rings is 1. The molecule has 0 aliphatic carbocycles. The van der Waals surface area contributed by atoms with Gasteiger partial charge in [-0.05, 0) is 42.5 Å². The molecule has 148 valence electrons. The summed E-state index contributed by atoms with van der Waals surface area (Å²) >= 11 is 1.49. The normalized spacial score (nSPS) is 11.2. The number of aromatic hydroxyl groups is 4. The number of nitrogens with one attached hydrogen (secondary N) is 1. The Hall–Kier alpha value is -3.90. The SMILES string of the molecule is Oc1ccc2c([nH]c3ccccc32)c1O.Oc1ccc2c(c1)sc1c(O)cccc12. The van der Waals surface area contributed by atoms with E-state index in [2.05, 4.69) is 4.98 Å². The molecule has 0 unspecified atom stereocenters. The fourth-order valence-electron chi connectivity index (χ4n) is 3.66. The van der Waals surface area contributed by atoms with Gasteiger partial charge < -0.3 is 25.4 Å². The van der Waals surface area contributed by atoms with Gasteiger partial charge in [-0.3, -0.25) is 0 Å². The second kappa shape index (κ2) is 6.86. The van der Waals surface area contributed by atoms with Crippen LogP contribution in [0.3, 0.4) is 0 Å². The van der Waals surface area contributed by atoms with Crippen LogP contribution in [0, 0.1) is 0 Å². The third kappa shape index (κ3) is 2.86. The van der Waals surface area contributed by atoms with Crippen LogP contribution in [-0.4, -0.2) is 25.4 Å². The Kier molecular flexibility index (Phi) is 4.15. The zero-order valence-corrected chi connectivity index (χ0v) is 16.4. The molecule has 5 N–H and O–H groups in total. The Labute approximate surface area is 174 Å². The van der Waals surface area contributed by atoms with Gasteiger partial charge in [-0.1, -0.05) is 30.3 Å². The summed E-state index contributed by atoms with van der Waals surface area (Å²) in [4.78, 5) is 3.08. The van der Waals surface area contributed by atoms with Gasteiger partial charge in [-0.2, -0.15) is 0 Å². The van der Waals surface area contributed by atoms with Crippen LogP contribution < -0.4 is 0 Å². The number of aromatic amines is 1. The molecule has 6 heteroatoms. The maximum absolute atomic E-state index is 9.69. The number of benzene rings is 4. The molecule has 0 aliphatic rings. The van der Waals surface area contributed by atoms with Crippen molar-refractivity contribution in [3.05, 3.63) is 72.8 Å². The van der Waals surface area contributed by atoms with Gasteiger partial charge >= 0.3 is 0 Å². The van der Waals surface area contributed by atoms with Crippen LogP contribution in [0.4, 0.5) is 0 Å². The first-order valence-corrected chi connectivity index (χ1v) is 10.1. The van der Waals surface area contributed by atoms with Crippen LogP contribution in [0.15, 0.2) is 72.8 Å². The molecule has 0 saturated heterocycles. The van der Waals surface area contributed by atoms with E-state index in [0.717, 1.165) is 36.5 Å². The third-order valence-electron chi connectivity index (χ3n) is 5.10. The lowest BCUT2D eigenvalue weighted by Crippen LogP contribution is -1.71. The summed E-state index contributed by atoms with van der Waals surface area (Å²) in [5.41, 5.74) is 1.53. The van der Waals surface area contributed by atoms with Crippen LogP contribution in [0.5, 0.6) is 23.0 Å². The molecule has 2 heterocycles. The number of phenols is 4. The summed E-state index contributed by atoms with van der Waals surface area (Å²) in [6.45, 7) is 0. The van der Waals surface area contributed by atoms with E-state index in [0.29, 0.717) is 11.3 Å². The molecule has 0 atom stereocenters. The zero-order chi connectivity index (χ0) is 20.8. The summed E-state index contributed by atoms with van der Waals surface area (Å²) in [7, 11) is 0. The number of para-hydroxylation sites is 1. The van der Waals surface area contributed by atoms with Crippen LogP contribution in [0.2, 0.25) is 0 Å². The standard InChI is InChI=1S/C12H9NO2.C12H8O2S/c14-10-6-5-8-7-3-1-2-4-9(7)13-11(8)12(10)15;13-7-4-5-8-9-2-1-3-10(14)12(9)15-11(8)6-7/h1-6,13-15H;1-6,13-14H. The molecule has 30 heavy (non-hydrogen) atoms. The minimum absolute atomic E-state index is 0.0938. The summed E-state index contributed by atoms with van der Waals surface area (Å²) < 4.78 is 1.87. The van der Waals surface area contributed by atoms with Crippen molar-refractivity contribution in [1.29, 1.82) is 0 Å². The van der Waals surface area contributed by atoms with Crippen LogP contribution in [-0.2, 0) is 0 Å². The van der Waals surface area contributed by atoms with E-state index in [4.69, 9.17) is 0 Å². The predicted octanol–water partition coefficient (Wildman–Crippen LogP) is 6.20. The van der Waals surface area contributed by atoms with Crippen LogP contribution in [0.1, 0.15) is 0 Å². The molecule has 0 aliphatic heterocycles. The van der Waals surface area contributed by atoms with Crippen molar-refractivity contribution < 1.29 is 20.4 Å². The number of aromatic nitrogens is 1. The van der Waals surface area contributed by atoms with Crippen molar-refractivity contribution in [3.63, 3.8) is 0 Å². The molecule has 6 aromatic rings. The van der Waals surface area contributed by atoms with Crippen LogP contribution in [0.25, 0.3) is 42.0 Å². The second-order valence-electron chi connectivity index (χ2n) is 6.96. The summed E-state index contributed by atoms with van der Waals surface area (Å²) in [6, 6.07) is 21.8. The van der Waals surface area contributed by atoms with E-state index in [1.807, 2.05) is 42.5 Å². The summed E-state index contributed by atoms with van der Waals surface area (Å²) in [6.07, 6.45) is 0. The highest BCUT2D eigenvalue weighted by molar-refractivity contribution is 7.26. The van der Waals surface area contributed by atoms with Crippen LogP contribution >= 0.6 is 11.3 Å². The molecule has 4 aromatic carbocycles. The maximum Gasteiger partial charge on any atom is 0.182 e. The van der Waals surface area contributed by atoms with Crippen molar-refractivity contribution in [3.8, 4) is 23.0 Å². The first-order valence-electron chi connectivity index (χ1n) is 9.27. The van der Waals surface area contributed by atoms with Gasteiger partial charge in [-0.25, -0.2) is 0 Å². The molecule has 0 saturated carbocycles. The highest BCUT2D eigenvalue weighted by Crippen LogP contribution is 2.39. The molecular formula is C24H17NO4S. The van der Waals surface area contributed by atoms with Crippen molar-refractivity contribution in [1.82, 2.24) is 4.98 Å². The number of rotatable bonds is 0. The van der Waals surface area contributed by atoms with Gasteiger partial charge in [0.2, 0.25) is 0 Å². The highest BCUT2D eigenvalue weighted by Gasteiger charge is 2.10. The number of hydrogen-bond acceptors (Lipinski definition) is 5. The number of hydrogen-bond donors (Lipinski definition) is 5. The Bertz CT molecular complexity index is 1550. The Morgan fingerprint density at radius 1 is 0.633 bits per heavy atom. The fourth-order valence-corrected chi connectivity index (χ4v) is 4.81. The molecule has 6 rings (SSSR count). The van der Waals surface area contributed by atoms with Crippen molar-refractivity contribution in [2.45, 2.75) is 0 Å². The summed E-state index contributed by atoms with van der Waals surface area (Å²) in [5, 5.41) is 42.2. The first kappa shape index (κ1) is 18.1. The molecular weight excluding hydrogens is 398 g/mol. The zero-order valence-electron chi connectivity index (χ0n) is 15.6. The average Bonchev–Trinajstić information content (AvgIpc) is 3.30. The number of H-pyrrole nitrogens is 1. The van der Waals surface area contributed by atoms with Gasteiger partial charge in [0.25, 0.3) is 0 Å². The van der Waals surface area contributed by atoms with E-state index in [1.165, 1.54) is 17.4 Å². The monoisotopic (exact) mass is 415 g/mol. The number of phenolic OH excluding ortho intramolecular Hbond substituents is 4. The Morgan fingerprint density at radius 2 is 1.40 bits per heavy atom. The van der Waals surface area contributed by atoms with Crippen molar-refractivity contribution >= 4 is 53.3 Å². The predicted molar refractivity (Wildman–Crippen MR) is 122 cm³/mol. The Morgan fingerprint density at radius 3 is 2.27 bits per heavy atom.